The summed E-state index contributed by atoms with van der Waals surface area (Å²) in [6.07, 6.45) is 1.62. The first-order chi connectivity index (χ1) is 8.08. The minimum absolute atomic E-state index is 0.0716. The van der Waals surface area contributed by atoms with E-state index in [4.69, 9.17) is 16.3 Å². The molecular formula is C12H15ClN2O2. The van der Waals surface area contributed by atoms with Crippen molar-refractivity contribution >= 4 is 17.5 Å². The van der Waals surface area contributed by atoms with Crippen LogP contribution >= 0.6 is 11.6 Å². The van der Waals surface area contributed by atoms with Gasteiger partial charge in [-0.2, -0.15) is 0 Å². The summed E-state index contributed by atoms with van der Waals surface area (Å²) in [5.41, 5.74) is 1.27. The molecule has 0 radical (unpaired) electrons. The van der Waals surface area contributed by atoms with Gasteiger partial charge >= 0.3 is 0 Å². The van der Waals surface area contributed by atoms with E-state index >= 15 is 0 Å². The molecule has 0 N–H and O–H groups in total. The van der Waals surface area contributed by atoms with Gasteiger partial charge in [0.1, 0.15) is 0 Å². The van der Waals surface area contributed by atoms with Gasteiger partial charge in [0.05, 0.1) is 23.3 Å². The van der Waals surface area contributed by atoms with Crippen LogP contribution in [0, 0.1) is 6.92 Å². The van der Waals surface area contributed by atoms with Crippen molar-refractivity contribution in [3.05, 3.63) is 28.5 Å². The second-order valence-electron chi connectivity index (χ2n) is 4.24. The van der Waals surface area contributed by atoms with E-state index in [1.165, 1.54) is 0 Å². The topological polar surface area (TPSA) is 42.4 Å². The van der Waals surface area contributed by atoms with Crippen molar-refractivity contribution < 1.29 is 9.53 Å². The Hall–Kier alpha value is -1.13. The third kappa shape index (κ3) is 2.76. The van der Waals surface area contributed by atoms with Gasteiger partial charge in [0.15, 0.2) is 0 Å². The Balaban J connectivity index is 2.18. The van der Waals surface area contributed by atoms with Crippen molar-refractivity contribution in [2.75, 3.05) is 19.7 Å². The summed E-state index contributed by atoms with van der Waals surface area (Å²) in [6.45, 7) is 5.58. The number of ether oxygens (including phenoxy) is 1. The van der Waals surface area contributed by atoms with E-state index in [1.54, 1.807) is 17.2 Å². The first-order valence-electron chi connectivity index (χ1n) is 5.61. The number of rotatable bonds is 1. The van der Waals surface area contributed by atoms with Crippen molar-refractivity contribution in [3.8, 4) is 0 Å². The minimum Gasteiger partial charge on any atom is -0.375 e. The number of carbonyl (C=O) groups excluding carboxylic acids is 1. The predicted octanol–water partition coefficient (Wildman–Crippen LogP) is 1.90. The van der Waals surface area contributed by atoms with E-state index in [9.17, 15) is 4.79 Å². The SMILES string of the molecule is Cc1cc(Cl)c(C(=O)N2CCOC(C)C2)cn1. The van der Waals surface area contributed by atoms with Crippen molar-refractivity contribution in [2.24, 2.45) is 0 Å². The number of pyridine rings is 1. The molecule has 92 valence electrons. The molecule has 0 aromatic carbocycles. The lowest BCUT2D eigenvalue weighted by Gasteiger charge is -2.31. The zero-order chi connectivity index (χ0) is 12.4. The molecule has 0 bridgehead atoms. The van der Waals surface area contributed by atoms with E-state index < -0.39 is 0 Å². The first-order valence-corrected chi connectivity index (χ1v) is 5.98. The number of carbonyl (C=O) groups is 1. The fraction of sp³-hybridized carbons (Fsp3) is 0.500. The molecule has 1 saturated heterocycles. The molecule has 1 aromatic rings. The van der Waals surface area contributed by atoms with Gasteiger partial charge in [0, 0.05) is 25.0 Å². The number of amides is 1. The maximum atomic E-state index is 12.2. The van der Waals surface area contributed by atoms with Crippen LogP contribution in [0.3, 0.4) is 0 Å². The lowest BCUT2D eigenvalue weighted by atomic mass is 10.2. The van der Waals surface area contributed by atoms with Crippen LogP contribution < -0.4 is 0 Å². The van der Waals surface area contributed by atoms with E-state index in [0.717, 1.165) is 5.69 Å². The lowest BCUT2D eigenvalue weighted by Crippen LogP contribution is -2.44. The molecule has 1 fully saturated rings. The highest BCUT2D eigenvalue weighted by Crippen LogP contribution is 2.19. The number of morpholine rings is 1. The lowest BCUT2D eigenvalue weighted by molar-refractivity contribution is -0.0124. The van der Waals surface area contributed by atoms with E-state index in [1.807, 2.05) is 13.8 Å². The Kier molecular flexibility index (Phi) is 3.64. The molecule has 4 nitrogen and oxygen atoms in total. The van der Waals surface area contributed by atoms with Crippen molar-refractivity contribution in [1.82, 2.24) is 9.88 Å². The first kappa shape index (κ1) is 12.3. The van der Waals surface area contributed by atoms with Crippen LogP contribution in [0.25, 0.3) is 0 Å². The molecule has 0 saturated carbocycles. The Morgan fingerprint density at radius 1 is 1.65 bits per heavy atom. The van der Waals surface area contributed by atoms with Crippen LogP contribution in [0.2, 0.25) is 5.02 Å². The Bertz CT molecular complexity index is 437. The second kappa shape index (κ2) is 5.02. The maximum absolute atomic E-state index is 12.2. The zero-order valence-electron chi connectivity index (χ0n) is 9.94. The molecule has 2 heterocycles. The normalized spacial score (nSPS) is 20.4. The summed E-state index contributed by atoms with van der Waals surface area (Å²) in [6, 6.07) is 1.71. The Morgan fingerprint density at radius 2 is 2.41 bits per heavy atom. The van der Waals surface area contributed by atoms with Crippen molar-refractivity contribution in [1.29, 1.82) is 0 Å². The van der Waals surface area contributed by atoms with Crippen molar-refractivity contribution in [2.45, 2.75) is 20.0 Å². The van der Waals surface area contributed by atoms with Gasteiger partial charge in [-0.05, 0) is 19.9 Å². The number of hydrogen-bond acceptors (Lipinski definition) is 3. The van der Waals surface area contributed by atoms with Crippen LogP contribution in [0.4, 0.5) is 0 Å². The van der Waals surface area contributed by atoms with E-state index in [2.05, 4.69) is 4.98 Å². The highest BCUT2D eigenvalue weighted by atomic mass is 35.5. The van der Waals surface area contributed by atoms with Gasteiger partial charge in [-0.25, -0.2) is 0 Å². The molecule has 5 heteroatoms. The Morgan fingerprint density at radius 3 is 3.06 bits per heavy atom. The van der Waals surface area contributed by atoms with Gasteiger partial charge in [0.25, 0.3) is 5.91 Å². The molecule has 1 atom stereocenters. The molecule has 1 amide bonds. The van der Waals surface area contributed by atoms with Crippen LogP contribution in [-0.2, 0) is 4.74 Å². The fourth-order valence-electron chi connectivity index (χ4n) is 1.86. The summed E-state index contributed by atoms with van der Waals surface area (Å²) < 4.78 is 5.40. The summed E-state index contributed by atoms with van der Waals surface area (Å²) in [5, 5.41) is 0.460. The number of hydrogen-bond donors (Lipinski definition) is 0. The van der Waals surface area contributed by atoms with Gasteiger partial charge in [-0.3, -0.25) is 9.78 Å². The standard InChI is InChI=1S/C12H15ClN2O2/c1-8-5-11(13)10(6-14-8)12(16)15-3-4-17-9(2)7-15/h5-6,9H,3-4,7H2,1-2H3. The number of halogens is 1. The quantitative estimate of drug-likeness (QED) is 0.769. The molecule has 0 spiro atoms. The largest absolute Gasteiger partial charge is 0.375 e. The molecule has 1 aliphatic rings. The summed E-state index contributed by atoms with van der Waals surface area (Å²) >= 11 is 6.06. The van der Waals surface area contributed by atoms with E-state index in [0.29, 0.717) is 30.3 Å². The number of aromatic nitrogens is 1. The van der Waals surface area contributed by atoms with Gasteiger partial charge < -0.3 is 9.64 Å². The monoisotopic (exact) mass is 254 g/mol. The summed E-state index contributed by atoms with van der Waals surface area (Å²) in [7, 11) is 0. The molecule has 2 rings (SSSR count). The second-order valence-corrected chi connectivity index (χ2v) is 4.65. The smallest absolute Gasteiger partial charge is 0.257 e. The molecule has 1 aromatic heterocycles. The average Bonchev–Trinajstić information content (AvgIpc) is 2.28. The van der Waals surface area contributed by atoms with Gasteiger partial charge in [-0.15, -0.1) is 0 Å². The van der Waals surface area contributed by atoms with Crippen LogP contribution in [0.1, 0.15) is 23.0 Å². The average molecular weight is 255 g/mol. The maximum Gasteiger partial charge on any atom is 0.257 e. The highest BCUT2D eigenvalue weighted by Gasteiger charge is 2.24. The van der Waals surface area contributed by atoms with Crippen molar-refractivity contribution in [3.63, 3.8) is 0 Å². The fourth-order valence-corrected chi connectivity index (χ4v) is 2.14. The number of aryl methyl sites for hydroxylation is 1. The number of nitrogens with zero attached hydrogens (tertiary/aromatic N) is 2. The molecular weight excluding hydrogens is 240 g/mol. The van der Waals surface area contributed by atoms with Crippen LogP contribution in [0.5, 0.6) is 0 Å². The molecule has 17 heavy (non-hydrogen) atoms. The summed E-state index contributed by atoms with van der Waals surface area (Å²) in [5.74, 6) is -0.0716. The third-order valence-electron chi connectivity index (χ3n) is 2.75. The predicted molar refractivity (Wildman–Crippen MR) is 65.3 cm³/mol. The van der Waals surface area contributed by atoms with Crippen LogP contribution in [0.15, 0.2) is 12.3 Å². The van der Waals surface area contributed by atoms with Gasteiger partial charge in [-0.1, -0.05) is 11.6 Å². The molecule has 1 aliphatic heterocycles. The van der Waals surface area contributed by atoms with Crippen LogP contribution in [-0.4, -0.2) is 41.6 Å². The highest BCUT2D eigenvalue weighted by molar-refractivity contribution is 6.33. The third-order valence-corrected chi connectivity index (χ3v) is 3.06. The zero-order valence-corrected chi connectivity index (χ0v) is 10.7. The molecule has 0 aliphatic carbocycles. The van der Waals surface area contributed by atoms with E-state index in [-0.39, 0.29) is 12.0 Å². The van der Waals surface area contributed by atoms with Gasteiger partial charge in [0.2, 0.25) is 0 Å². The molecule has 1 unspecified atom stereocenters. The Labute approximate surface area is 106 Å². The minimum atomic E-state index is -0.0716. The summed E-state index contributed by atoms with van der Waals surface area (Å²) in [4.78, 5) is 18.1.